The molecule has 0 spiro atoms. The molecule has 0 aliphatic rings. The summed E-state index contributed by atoms with van der Waals surface area (Å²) in [5, 5.41) is 1.77. The molecule has 1 heterocycles. The molecule has 0 bridgehead atoms. The fraction of sp³-hybridized carbons (Fsp3) is 0.273. The number of hydrogen-bond donors (Lipinski definition) is 1. The average Bonchev–Trinajstić information content (AvgIpc) is 2.50. The summed E-state index contributed by atoms with van der Waals surface area (Å²) >= 11 is 5.98. The van der Waals surface area contributed by atoms with Crippen molar-refractivity contribution in [2.75, 3.05) is 0 Å². The molecule has 2 N–H and O–H groups in total. The highest BCUT2D eigenvalue weighted by Gasteiger charge is 2.07. The van der Waals surface area contributed by atoms with Gasteiger partial charge in [-0.05, 0) is 37.1 Å². The van der Waals surface area contributed by atoms with E-state index in [1.807, 2.05) is 25.1 Å². The van der Waals surface area contributed by atoms with Gasteiger partial charge in [0.2, 0.25) is 0 Å². The molecule has 1 atom stereocenters. The van der Waals surface area contributed by atoms with E-state index in [2.05, 4.69) is 0 Å². The molecule has 15 heavy (non-hydrogen) atoms. The predicted octanol–water partition coefficient (Wildman–Crippen LogP) is 3.40. The molecule has 0 saturated carbocycles. The zero-order chi connectivity index (χ0) is 10.1. The van der Waals surface area contributed by atoms with Gasteiger partial charge in [-0.2, -0.15) is 0 Å². The van der Waals surface area contributed by atoms with E-state index in [1.165, 1.54) is 0 Å². The molecule has 82 valence electrons. The Balaban J connectivity index is 0.00000112. The standard InChI is InChI=1S/C11H12ClNO.ClH/c1-7(13)4-9-6-10(12)5-8-2-3-14-11(8)9;/h2-3,5-7H,4,13H2,1H3;1H. The number of benzene rings is 1. The molecule has 2 aromatic rings. The summed E-state index contributed by atoms with van der Waals surface area (Å²) in [4.78, 5) is 0. The lowest BCUT2D eigenvalue weighted by molar-refractivity contribution is 0.606. The number of rotatable bonds is 2. The highest BCUT2D eigenvalue weighted by atomic mass is 35.5. The second kappa shape index (κ2) is 4.88. The Morgan fingerprint density at radius 1 is 1.47 bits per heavy atom. The van der Waals surface area contributed by atoms with Crippen LogP contribution in [0.15, 0.2) is 28.9 Å². The molecule has 1 aromatic heterocycles. The molecule has 0 saturated heterocycles. The third-order valence-corrected chi connectivity index (χ3v) is 2.35. The van der Waals surface area contributed by atoms with Crippen molar-refractivity contribution in [2.45, 2.75) is 19.4 Å². The lowest BCUT2D eigenvalue weighted by Crippen LogP contribution is -2.17. The van der Waals surface area contributed by atoms with Crippen molar-refractivity contribution in [2.24, 2.45) is 5.73 Å². The molecule has 0 fully saturated rings. The average molecular weight is 246 g/mol. The number of halogens is 2. The van der Waals surface area contributed by atoms with E-state index in [0.717, 1.165) is 28.0 Å². The minimum Gasteiger partial charge on any atom is -0.464 e. The lowest BCUT2D eigenvalue weighted by atomic mass is 10.1. The first kappa shape index (κ1) is 12.4. The second-order valence-electron chi connectivity index (χ2n) is 3.59. The van der Waals surface area contributed by atoms with E-state index in [0.29, 0.717) is 0 Å². The van der Waals surface area contributed by atoms with E-state index in [-0.39, 0.29) is 18.4 Å². The molecule has 2 nitrogen and oxygen atoms in total. The summed E-state index contributed by atoms with van der Waals surface area (Å²) in [7, 11) is 0. The van der Waals surface area contributed by atoms with Crippen LogP contribution in [-0.4, -0.2) is 6.04 Å². The summed E-state index contributed by atoms with van der Waals surface area (Å²) in [6, 6.07) is 5.83. The number of hydrogen-bond acceptors (Lipinski definition) is 2. The molecule has 1 unspecified atom stereocenters. The van der Waals surface area contributed by atoms with Gasteiger partial charge < -0.3 is 10.2 Å². The van der Waals surface area contributed by atoms with Crippen LogP contribution in [0.25, 0.3) is 11.0 Å². The van der Waals surface area contributed by atoms with E-state index < -0.39 is 0 Å². The molecule has 0 aliphatic heterocycles. The number of furan rings is 1. The Bertz CT molecular complexity index is 451. The van der Waals surface area contributed by atoms with Crippen LogP contribution in [0.1, 0.15) is 12.5 Å². The van der Waals surface area contributed by atoms with E-state index in [4.69, 9.17) is 21.8 Å². The largest absolute Gasteiger partial charge is 0.464 e. The van der Waals surface area contributed by atoms with Crippen LogP contribution in [0, 0.1) is 0 Å². The molecule has 0 radical (unpaired) electrons. The van der Waals surface area contributed by atoms with Crippen molar-refractivity contribution in [3.63, 3.8) is 0 Å². The first-order chi connectivity index (χ1) is 6.66. The van der Waals surface area contributed by atoms with Crippen LogP contribution >= 0.6 is 24.0 Å². The van der Waals surface area contributed by atoms with Gasteiger partial charge in [0.1, 0.15) is 5.58 Å². The van der Waals surface area contributed by atoms with Crippen LogP contribution in [0.3, 0.4) is 0 Å². The lowest BCUT2D eigenvalue weighted by Gasteiger charge is -2.06. The Labute approximate surface area is 99.8 Å². The minimum absolute atomic E-state index is 0. The van der Waals surface area contributed by atoms with Gasteiger partial charge in [-0.3, -0.25) is 0 Å². The topological polar surface area (TPSA) is 39.2 Å². The summed E-state index contributed by atoms with van der Waals surface area (Å²) < 4.78 is 5.39. The Morgan fingerprint density at radius 2 is 2.20 bits per heavy atom. The van der Waals surface area contributed by atoms with Crippen molar-refractivity contribution in [3.05, 3.63) is 35.0 Å². The van der Waals surface area contributed by atoms with Crippen LogP contribution in [0.2, 0.25) is 5.02 Å². The van der Waals surface area contributed by atoms with Crippen molar-refractivity contribution in [1.29, 1.82) is 0 Å². The van der Waals surface area contributed by atoms with E-state index in [9.17, 15) is 0 Å². The Morgan fingerprint density at radius 3 is 2.87 bits per heavy atom. The van der Waals surface area contributed by atoms with E-state index >= 15 is 0 Å². The van der Waals surface area contributed by atoms with Gasteiger partial charge >= 0.3 is 0 Å². The van der Waals surface area contributed by atoms with Gasteiger partial charge in [-0.25, -0.2) is 0 Å². The maximum Gasteiger partial charge on any atom is 0.137 e. The first-order valence-electron chi connectivity index (χ1n) is 4.58. The molecule has 0 aliphatic carbocycles. The first-order valence-corrected chi connectivity index (χ1v) is 4.96. The van der Waals surface area contributed by atoms with Crippen LogP contribution in [-0.2, 0) is 6.42 Å². The molecule has 0 amide bonds. The molecule has 1 aromatic carbocycles. The predicted molar refractivity (Wildman–Crippen MR) is 65.8 cm³/mol. The molecule has 4 heteroatoms. The zero-order valence-corrected chi connectivity index (χ0v) is 9.94. The molecular weight excluding hydrogens is 233 g/mol. The summed E-state index contributed by atoms with van der Waals surface area (Å²) in [5.41, 5.74) is 7.72. The quantitative estimate of drug-likeness (QED) is 0.881. The monoisotopic (exact) mass is 245 g/mol. The highest BCUT2D eigenvalue weighted by molar-refractivity contribution is 6.31. The van der Waals surface area contributed by atoms with Crippen molar-refractivity contribution < 1.29 is 4.42 Å². The Kier molecular flexibility index (Phi) is 4.03. The van der Waals surface area contributed by atoms with Gasteiger partial charge in [0.05, 0.1) is 6.26 Å². The zero-order valence-electron chi connectivity index (χ0n) is 8.37. The SMILES string of the molecule is CC(N)Cc1cc(Cl)cc2ccoc12.Cl. The van der Waals surface area contributed by atoms with Crippen LogP contribution in [0.4, 0.5) is 0 Å². The normalized spacial score (nSPS) is 12.5. The minimum atomic E-state index is 0. The molecular formula is C11H13Cl2NO. The maximum absolute atomic E-state index is 5.98. The third kappa shape index (κ3) is 2.65. The number of nitrogens with two attached hydrogens (primary N) is 1. The van der Waals surface area contributed by atoms with Gasteiger partial charge in [-0.1, -0.05) is 11.6 Å². The van der Waals surface area contributed by atoms with Gasteiger partial charge in [0.25, 0.3) is 0 Å². The van der Waals surface area contributed by atoms with Crippen molar-refractivity contribution >= 4 is 35.0 Å². The summed E-state index contributed by atoms with van der Waals surface area (Å²) in [6.45, 7) is 1.97. The highest BCUT2D eigenvalue weighted by Crippen LogP contribution is 2.25. The van der Waals surface area contributed by atoms with E-state index in [1.54, 1.807) is 6.26 Å². The van der Waals surface area contributed by atoms with Gasteiger partial charge in [-0.15, -0.1) is 12.4 Å². The van der Waals surface area contributed by atoms with Crippen molar-refractivity contribution in [1.82, 2.24) is 0 Å². The number of fused-ring (bicyclic) bond motifs is 1. The van der Waals surface area contributed by atoms with Gasteiger partial charge in [0.15, 0.2) is 0 Å². The van der Waals surface area contributed by atoms with Crippen molar-refractivity contribution in [3.8, 4) is 0 Å². The molecule has 2 rings (SSSR count). The van der Waals surface area contributed by atoms with Gasteiger partial charge in [0, 0.05) is 16.5 Å². The van der Waals surface area contributed by atoms with Crippen LogP contribution < -0.4 is 5.73 Å². The third-order valence-electron chi connectivity index (χ3n) is 2.13. The summed E-state index contributed by atoms with van der Waals surface area (Å²) in [5.74, 6) is 0. The second-order valence-corrected chi connectivity index (χ2v) is 4.02. The smallest absolute Gasteiger partial charge is 0.137 e. The fourth-order valence-electron chi connectivity index (χ4n) is 1.61. The van der Waals surface area contributed by atoms with Crippen LogP contribution in [0.5, 0.6) is 0 Å². The Hall–Kier alpha value is -0.700. The fourth-order valence-corrected chi connectivity index (χ4v) is 1.86. The maximum atomic E-state index is 5.98. The summed E-state index contributed by atoms with van der Waals surface area (Å²) in [6.07, 6.45) is 2.45.